The van der Waals surface area contributed by atoms with Gasteiger partial charge in [0.05, 0.1) is 0 Å². The van der Waals surface area contributed by atoms with Gasteiger partial charge in [-0.1, -0.05) is 6.42 Å². The predicted molar refractivity (Wildman–Crippen MR) is 63.0 cm³/mol. The summed E-state index contributed by atoms with van der Waals surface area (Å²) in [4.78, 5) is 15.4. The molecule has 2 rings (SSSR count). The van der Waals surface area contributed by atoms with Crippen LogP contribution < -0.4 is 5.32 Å². The van der Waals surface area contributed by atoms with Crippen LogP contribution in [0.1, 0.15) is 37.7 Å². The molecular formula is C13H18N2O. The van der Waals surface area contributed by atoms with E-state index in [1.54, 1.807) is 0 Å². The highest BCUT2D eigenvalue weighted by Crippen LogP contribution is 2.14. The van der Waals surface area contributed by atoms with Gasteiger partial charge in [-0.3, -0.25) is 9.78 Å². The van der Waals surface area contributed by atoms with E-state index >= 15 is 0 Å². The molecule has 0 bridgehead atoms. The van der Waals surface area contributed by atoms with Crippen molar-refractivity contribution in [3.63, 3.8) is 0 Å². The first-order chi connectivity index (χ1) is 7.84. The highest BCUT2D eigenvalue weighted by atomic mass is 16.1. The minimum Gasteiger partial charge on any atom is -0.353 e. The van der Waals surface area contributed by atoms with Gasteiger partial charge in [-0.2, -0.15) is 0 Å². The molecule has 1 N–H and O–H groups in total. The van der Waals surface area contributed by atoms with E-state index < -0.39 is 0 Å². The molecule has 16 heavy (non-hydrogen) atoms. The molecule has 1 aromatic heterocycles. The van der Waals surface area contributed by atoms with Crippen LogP contribution in [-0.2, 0) is 11.2 Å². The summed E-state index contributed by atoms with van der Waals surface area (Å²) >= 11 is 0. The molecule has 0 radical (unpaired) electrons. The molecule has 2 heterocycles. The molecule has 3 nitrogen and oxygen atoms in total. The number of hydrogen-bond acceptors (Lipinski definition) is 2. The lowest BCUT2D eigenvalue weighted by Gasteiger charge is -2.15. The maximum Gasteiger partial charge on any atom is 0.220 e. The lowest BCUT2D eigenvalue weighted by Crippen LogP contribution is -2.33. The van der Waals surface area contributed by atoms with Gasteiger partial charge in [-0.15, -0.1) is 0 Å². The molecule has 1 unspecified atom stereocenters. The molecule has 1 saturated heterocycles. The third kappa shape index (κ3) is 3.33. The molecule has 1 amide bonds. The van der Waals surface area contributed by atoms with Gasteiger partial charge in [0.2, 0.25) is 5.91 Å². The van der Waals surface area contributed by atoms with E-state index in [9.17, 15) is 4.79 Å². The fourth-order valence-electron chi connectivity index (χ4n) is 2.16. The van der Waals surface area contributed by atoms with Crippen LogP contribution in [0.15, 0.2) is 24.5 Å². The summed E-state index contributed by atoms with van der Waals surface area (Å²) in [7, 11) is 0. The zero-order chi connectivity index (χ0) is 11.2. The number of aromatic nitrogens is 1. The summed E-state index contributed by atoms with van der Waals surface area (Å²) < 4.78 is 0. The molecule has 3 heteroatoms. The number of pyridine rings is 1. The fourth-order valence-corrected chi connectivity index (χ4v) is 2.16. The molecule has 0 aromatic carbocycles. The minimum atomic E-state index is 0.220. The highest BCUT2D eigenvalue weighted by molar-refractivity contribution is 5.76. The Morgan fingerprint density at radius 3 is 2.94 bits per heavy atom. The second-order valence-corrected chi connectivity index (χ2v) is 4.40. The number of carbonyl (C=O) groups is 1. The van der Waals surface area contributed by atoms with Gasteiger partial charge >= 0.3 is 0 Å². The topological polar surface area (TPSA) is 42.0 Å². The van der Waals surface area contributed by atoms with Gasteiger partial charge < -0.3 is 5.32 Å². The number of hydrogen-bond donors (Lipinski definition) is 1. The minimum absolute atomic E-state index is 0.220. The molecule has 0 aliphatic carbocycles. The van der Waals surface area contributed by atoms with Crippen molar-refractivity contribution in [3.8, 4) is 0 Å². The van der Waals surface area contributed by atoms with E-state index in [4.69, 9.17) is 0 Å². The van der Waals surface area contributed by atoms with Crippen LogP contribution in [0.4, 0.5) is 0 Å². The summed E-state index contributed by atoms with van der Waals surface area (Å²) in [6.07, 6.45) is 9.73. The summed E-state index contributed by atoms with van der Waals surface area (Å²) in [5.41, 5.74) is 1.30. The third-order valence-electron chi connectivity index (χ3n) is 3.10. The summed E-state index contributed by atoms with van der Waals surface area (Å²) in [6.45, 7) is 0. The van der Waals surface area contributed by atoms with Crippen LogP contribution in [0.3, 0.4) is 0 Å². The second-order valence-electron chi connectivity index (χ2n) is 4.40. The van der Waals surface area contributed by atoms with Crippen LogP contribution >= 0.6 is 0 Å². The van der Waals surface area contributed by atoms with E-state index in [-0.39, 0.29) is 5.91 Å². The van der Waals surface area contributed by atoms with Crippen molar-refractivity contribution >= 4 is 5.91 Å². The van der Waals surface area contributed by atoms with Gasteiger partial charge in [-0.25, -0.2) is 0 Å². The van der Waals surface area contributed by atoms with Gasteiger partial charge in [-0.05, 0) is 43.4 Å². The fraction of sp³-hybridized carbons (Fsp3) is 0.538. The number of amides is 1. The highest BCUT2D eigenvalue weighted by Gasteiger charge is 2.15. The van der Waals surface area contributed by atoms with Crippen LogP contribution in [-0.4, -0.2) is 16.9 Å². The Kier molecular flexibility index (Phi) is 3.91. The normalized spacial score (nSPS) is 21.2. The second kappa shape index (κ2) is 5.64. The van der Waals surface area contributed by atoms with E-state index in [0.717, 1.165) is 25.7 Å². The van der Waals surface area contributed by atoms with E-state index in [2.05, 4.69) is 10.3 Å². The van der Waals surface area contributed by atoms with E-state index in [0.29, 0.717) is 12.5 Å². The smallest absolute Gasteiger partial charge is 0.220 e. The van der Waals surface area contributed by atoms with Crippen LogP contribution in [0.5, 0.6) is 0 Å². The van der Waals surface area contributed by atoms with E-state index in [1.807, 2.05) is 24.5 Å². The molecule has 1 aliphatic rings. The van der Waals surface area contributed by atoms with Crippen LogP contribution in [0.25, 0.3) is 0 Å². The SMILES string of the molecule is O=C1CCCCC(CCc2ccncc2)N1. The summed E-state index contributed by atoms with van der Waals surface area (Å²) in [5.74, 6) is 0.220. The van der Waals surface area contributed by atoms with Crippen LogP contribution in [0, 0.1) is 0 Å². The first-order valence-electron chi connectivity index (χ1n) is 6.03. The molecule has 1 atom stereocenters. The number of nitrogens with one attached hydrogen (secondary N) is 1. The Morgan fingerprint density at radius 2 is 2.12 bits per heavy atom. The summed E-state index contributed by atoms with van der Waals surface area (Å²) in [5, 5.41) is 3.09. The van der Waals surface area contributed by atoms with Crippen molar-refractivity contribution in [2.24, 2.45) is 0 Å². The molecule has 86 valence electrons. The first-order valence-corrected chi connectivity index (χ1v) is 6.03. The molecule has 1 aliphatic heterocycles. The average Bonchev–Trinajstić information content (AvgIpc) is 2.52. The molecule has 1 fully saturated rings. The Bertz CT molecular complexity index is 337. The molecule has 1 aromatic rings. The van der Waals surface area contributed by atoms with Gasteiger partial charge in [0, 0.05) is 24.9 Å². The largest absolute Gasteiger partial charge is 0.353 e. The van der Waals surface area contributed by atoms with Crippen molar-refractivity contribution in [2.75, 3.05) is 0 Å². The Hall–Kier alpha value is -1.38. The van der Waals surface area contributed by atoms with Crippen molar-refractivity contribution in [2.45, 2.75) is 44.6 Å². The Balaban J connectivity index is 1.83. The predicted octanol–water partition coefficient (Wildman–Crippen LogP) is 2.07. The van der Waals surface area contributed by atoms with Crippen LogP contribution in [0.2, 0.25) is 0 Å². The maximum absolute atomic E-state index is 11.4. The Labute approximate surface area is 96.3 Å². The van der Waals surface area contributed by atoms with Gasteiger partial charge in [0.15, 0.2) is 0 Å². The van der Waals surface area contributed by atoms with Gasteiger partial charge in [0.1, 0.15) is 0 Å². The number of nitrogens with zero attached hydrogens (tertiary/aromatic N) is 1. The quantitative estimate of drug-likeness (QED) is 0.844. The lowest BCUT2D eigenvalue weighted by atomic mass is 10.0. The Morgan fingerprint density at radius 1 is 1.31 bits per heavy atom. The number of rotatable bonds is 3. The summed E-state index contributed by atoms with van der Waals surface area (Å²) in [6, 6.07) is 4.44. The zero-order valence-electron chi connectivity index (χ0n) is 9.48. The number of carbonyl (C=O) groups excluding carboxylic acids is 1. The lowest BCUT2D eigenvalue weighted by molar-refractivity contribution is -0.121. The van der Waals surface area contributed by atoms with Crippen molar-refractivity contribution < 1.29 is 4.79 Å². The first kappa shape index (κ1) is 11.1. The van der Waals surface area contributed by atoms with E-state index in [1.165, 1.54) is 12.0 Å². The van der Waals surface area contributed by atoms with Crippen molar-refractivity contribution in [1.29, 1.82) is 0 Å². The van der Waals surface area contributed by atoms with Crippen molar-refractivity contribution in [3.05, 3.63) is 30.1 Å². The maximum atomic E-state index is 11.4. The average molecular weight is 218 g/mol. The molecule has 0 spiro atoms. The third-order valence-corrected chi connectivity index (χ3v) is 3.10. The monoisotopic (exact) mass is 218 g/mol. The molecule has 0 saturated carbocycles. The van der Waals surface area contributed by atoms with Crippen molar-refractivity contribution in [1.82, 2.24) is 10.3 Å². The number of aryl methyl sites for hydroxylation is 1. The standard InChI is InChI=1S/C13H18N2O/c16-13-4-2-1-3-12(15-13)6-5-11-7-9-14-10-8-11/h7-10,12H,1-6H2,(H,15,16). The molecular weight excluding hydrogens is 200 g/mol. The zero-order valence-corrected chi connectivity index (χ0v) is 9.48. The van der Waals surface area contributed by atoms with Gasteiger partial charge in [0.25, 0.3) is 0 Å².